The van der Waals surface area contributed by atoms with E-state index < -0.39 is 0 Å². The van der Waals surface area contributed by atoms with Crippen LogP contribution in [0.1, 0.15) is 44.1 Å². The summed E-state index contributed by atoms with van der Waals surface area (Å²) in [5.41, 5.74) is 1.12. The minimum atomic E-state index is -0.126. The first-order valence-corrected chi connectivity index (χ1v) is 7.98. The summed E-state index contributed by atoms with van der Waals surface area (Å²) < 4.78 is 23.1. The van der Waals surface area contributed by atoms with Crippen LogP contribution in [-0.2, 0) is 9.47 Å². The average Bonchev–Trinajstić information content (AvgIpc) is 2.48. The van der Waals surface area contributed by atoms with Crippen LogP contribution in [0.3, 0.4) is 0 Å². The second-order valence-electron chi connectivity index (χ2n) is 5.81. The predicted molar refractivity (Wildman–Crippen MR) is 79.6 cm³/mol. The van der Waals surface area contributed by atoms with Gasteiger partial charge in [-0.15, -0.1) is 0 Å². The van der Waals surface area contributed by atoms with Crippen LogP contribution in [0, 0.1) is 6.92 Å². The van der Waals surface area contributed by atoms with Gasteiger partial charge in [-0.1, -0.05) is 0 Å². The van der Waals surface area contributed by atoms with Gasteiger partial charge in [-0.25, -0.2) is 0 Å². The van der Waals surface area contributed by atoms with Crippen molar-refractivity contribution in [3.63, 3.8) is 0 Å². The van der Waals surface area contributed by atoms with E-state index in [4.69, 9.17) is 18.9 Å². The van der Waals surface area contributed by atoms with Crippen molar-refractivity contribution >= 4 is 0 Å². The summed E-state index contributed by atoms with van der Waals surface area (Å²) in [5.74, 6) is 1.63. The van der Waals surface area contributed by atoms with Gasteiger partial charge in [-0.3, -0.25) is 0 Å². The zero-order valence-electron chi connectivity index (χ0n) is 12.7. The summed E-state index contributed by atoms with van der Waals surface area (Å²) in [6, 6.07) is 5.97. The van der Waals surface area contributed by atoms with E-state index in [1.807, 2.05) is 25.1 Å². The lowest BCUT2D eigenvalue weighted by Gasteiger charge is -2.25. The number of benzene rings is 1. The molecular weight excluding hydrogens is 268 g/mol. The quantitative estimate of drug-likeness (QED) is 0.845. The lowest BCUT2D eigenvalue weighted by atomic mass is 10.2. The van der Waals surface area contributed by atoms with Crippen LogP contribution in [-0.4, -0.2) is 25.8 Å². The maximum atomic E-state index is 5.92. The lowest BCUT2D eigenvalue weighted by molar-refractivity contribution is -0.109. The van der Waals surface area contributed by atoms with Gasteiger partial charge in [0.05, 0.1) is 13.2 Å². The monoisotopic (exact) mass is 292 g/mol. The summed E-state index contributed by atoms with van der Waals surface area (Å²) in [7, 11) is 0. The third-order valence-electron chi connectivity index (χ3n) is 3.84. The van der Waals surface area contributed by atoms with E-state index in [-0.39, 0.29) is 12.6 Å². The van der Waals surface area contributed by atoms with Crippen molar-refractivity contribution < 1.29 is 18.9 Å². The van der Waals surface area contributed by atoms with Crippen LogP contribution in [0.5, 0.6) is 11.5 Å². The van der Waals surface area contributed by atoms with E-state index in [9.17, 15) is 0 Å². The normalized spacial score (nSPS) is 26.3. The summed E-state index contributed by atoms with van der Waals surface area (Å²) in [6.07, 6.45) is 6.23. The number of ether oxygens (including phenoxy) is 4. The Morgan fingerprint density at radius 2 is 1.33 bits per heavy atom. The van der Waals surface area contributed by atoms with Crippen molar-refractivity contribution in [2.45, 2.75) is 58.0 Å². The molecule has 2 fully saturated rings. The largest absolute Gasteiger partial charge is 0.465 e. The molecule has 4 heteroatoms. The zero-order valence-corrected chi connectivity index (χ0v) is 12.7. The molecule has 0 aromatic heterocycles. The molecule has 2 unspecified atom stereocenters. The summed E-state index contributed by atoms with van der Waals surface area (Å²) in [5, 5.41) is 0. The van der Waals surface area contributed by atoms with Gasteiger partial charge in [-0.05, 0) is 50.3 Å². The van der Waals surface area contributed by atoms with Crippen LogP contribution < -0.4 is 9.47 Å². The first-order chi connectivity index (χ1) is 10.3. The lowest BCUT2D eigenvalue weighted by Crippen LogP contribution is -2.26. The smallest absolute Gasteiger partial charge is 0.199 e. The fourth-order valence-electron chi connectivity index (χ4n) is 2.76. The van der Waals surface area contributed by atoms with Crippen molar-refractivity contribution in [1.29, 1.82) is 0 Å². The number of hydrogen-bond acceptors (Lipinski definition) is 4. The minimum absolute atomic E-state index is 0.126. The van der Waals surface area contributed by atoms with E-state index in [1.165, 1.54) is 0 Å². The van der Waals surface area contributed by atoms with Crippen LogP contribution >= 0.6 is 0 Å². The van der Waals surface area contributed by atoms with Crippen molar-refractivity contribution in [2.75, 3.05) is 13.2 Å². The first-order valence-electron chi connectivity index (χ1n) is 7.98. The molecule has 0 saturated carbocycles. The van der Waals surface area contributed by atoms with E-state index in [0.717, 1.165) is 68.8 Å². The molecular formula is C17H24O4. The van der Waals surface area contributed by atoms with Gasteiger partial charge in [-0.2, -0.15) is 0 Å². The van der Waals surface area contributed by atoms with E-state index in [1.54, 1.807) is 0 Å². The topological polar surface area (TPSA) is 36.9 Å². The van der Waals surface area contributed by atoms with Gasteiger partial charge >= 0.3 is 0 Å². The highest BCUT2D eigenvalue weighted by atomic mass is 16.7. The fourth-order valence-corrected chi connectivity index (χ4v) is 2.76. The average molecular weight is 292 g/mol. The Bertz CT molecular complexity index is 410. The third-order valence-corrected chi connectivity index (χ3v) is 3.84. The molecule has 116 valence electrons. The summed E-state index contributed by atoms with van der Waals surface area (Å²) >= 11 is 0. The summed E-state index contributed by atoms with van der Waals surface area (Å²) in [6.45, 7) is 3.62. The highest BCUT2D eigenvalue weighted by Crippen LogP contribution is 2.27. The second kappa shape index (κ2) is 7.14. The van der Waals surface area contributed by atoms with Crippen LogP contribution in [0.25, 0.3) is 0 Å². The Morgan fingerprint density at radius 3 is 1.76 bits per heavy atom. The van der Waals surface area contributed by atoms with Gasteiger partial charge in [0, 0.05) is 18.9 Å². The minimum Gasteiger partial charge on any atom is -0.465 e. The van der Waals surface area contributed by atoms with Crippen molar-refractivity contribution in [3.05, 3.63) is 23.8 Å². The Labute approximate surface area is 126 Å². The molecule has 0 amide bonds. The van der Waals surface area contributed by atoms with Crippen LogP contribution in [0.2, 0.25) is 0 Å². The first kappa shape index (κ1) is 14.7. The maximum absolute atomic E-state index is 5.92. The highest BCUT2D eigenvalue weighted by molar-refractivity contribution is 5.38. The molecule has 0 aliphatic carbocycles. The Kier molecular flexibility index (Phi) is 4.99. The molecule has 0 radical (unpaired) electrons. The van der Waals surface area contributed by atoms with Crippen LogP contribution in [0.15, 0.2) is 18.2 Å². The molecule has 4 nitrogen and oxygen atoms in total. The van der Waals surface area contributed by atoms with Crippen molar-refractivity contribution in [1.82, 2.24) is 0 Å². The molecule has 1 aromatic carbocycles. The SMILES string of the molecule is Cc1cc(OC2CCCCO2)cc(OC2CCCCO2)c1. The maximum Gasteiger partial charge on any atom is 0.199 e. The van der Waals surface area contributed by atoms with Crippen molar-refractivity contribution in [2.24, 2.45) is 0 Å². The van der Waals surface area contributed by atoms with Gasteiger partial charge in [0.1, 0.15) is 11.5 Å². The van der Waals surface area contributed by atoms with Gasteiger partial charge in [0.2, 0.25) is 0 Å². The Balaban J connectivity index is 1.63. The molecule has 0 bridgehead atoms. The highest BCUT2D eigenvalue weighted by Gasteiger charge is 2.18. The molecule has 2 aliphatic rings. The standard InChI is InChI=1S/C17H24O4/c1-13-10-14(20-16-6-2-4-8-18-16)12-15(11-13)21-17-7-3-5-9-19-17/h10-12,16-17H,2-9H2,1H3. The number of rotatable bonds is 4. The van der Waals surface area contributed by atoms with Gasteiger partial charge in [0.25, 0.3) is 0 Å². The Hall–Kier alpha value is -1.26. The molecule has 21 heavy (non-hydrogen) atoms. The summed E-state index contributed by atoms with van der Waals surface area (Å²) in [4.78, 5) is 0. The molecule has 0 N–H and O–H groups in total. The van der Waals surface area contributed by atoms with Gasteiger partial charge in [0.15, 0.2) is 12.6 Å². The predicted octanol–water partition coefficient (Wildman–Crippen LogP) is 3.81. The Morgan fingerprint density at radius 1 is 0.810 bits per heavy atom. The van der Waals surface area contributed by atoms with Crippen LogP contribution in [0.4, 0.5) is 0 Å². The molecule has 2 aliphatic heterocycles. The molecule has 0 spiro atoms. The van der Waals surface area contributed by atoms with E-state index in [2.05, 4.69) is 0 Å². The van der Waals surface area contributed by atoms with Gasteiger partial charge < -0.3 is 18.9 Å². The molecule has 1 aromatic rings. The zero-order chi connectivity index (χ0) is 14.5. The molecule has 3 rings (SSSR count). The molecule has 2 atom stereocenters. The molecule has 2 heterocycles. The fraction of sp³-hybridized carbons (Fsp3) is 0.647. The number of aryl methyl sites for hydroxylation is 1. The third kappa shape index (κ3) is 4.35. The van der Waals surface area contributed by atoms with E-state index >= 15 is 0 Å². The van der Waals surface area contributed by atoms with E-state index in [0.29, 0.717) is 0 Å². The number of hydrogen-bond donors (Lipinski definition) is 0. The second-order valence-corrected chi connectivity index (χ2v) is 5.81. The molecule has 2 saturated heterocycles. The van der Waals surface area contributed by atoms with Crippen molar-refractivity contribution in [3.8, 4) is 11.5 Å².